The van der Waals surface area contributed by atoms with Crippen LogP contribution in [-0.4, -0.2) is 19.7 Å². The fourth-order valence-electron chi connectivity index (χ4n) is 2.38. The molecule has 0 amide bonds. The second-order valence-electron chi connectivity index (χ2n) is 5.57. The normalized spacial score (nSPS) is 10.3. The molecule has 0 aliphatic heterocycles. The summed E-state index contributed by atoms with van der Waals surface area (Å²) in [6.07, 6.45) is 1.22. The van der Waals surface area contributed by atoms with Gasteiger partial charge in [-0.1, -0.05) is 69.7 Å². The van der Waals surface area contributed by atoms with Crippen molar-refractivity contribution in [3.05, 3.63) is 59.1 Å². The summed E-state index contributed by atoms with van der Waals surface area (Å²) in [4.78, 5) is 6.07. The zero-order valence-electron chi connectivity index (χ0n) is 17.2. The van der Waals surface area contributed by atoms with Crippen LogP contribution >= 0.6 is 11.3 Å². The molecule has 0 saturated carbocycles. The number of thiazole rings is 1. The van der Waals surface area contributed by atoms with Gasteiger partial charge in [-0.05, 0) is 31.5 Å². The monoisotopic (exact) mass is 403 g/mol. The maximum absolute atomic E-state index is 11.6. The first kappa shape index (κ1) is 23.1. The van der Waals surface area contributed by atoms with E-state index in [2.05, 4.69) is 36.2 Å². The third-order valence-corrected chi connectivity index (χ3v) is 5.75. The lowest BCUT2D eigenvalue weighted by Gasteiger charge is -2.05. The van der Waals surface area contributed by atoms with Crippen LogP contribution in [0.5, 0.6) is 0 Å². The molecule has 3 aromatic rings. The molecule has 0 N–H and O–H groups in total. The second kappa shape index (κ2) is 10.4. The van der Waals surface area contributed by atoms with Gasteiger partial charge in [0.2, 0.25) is 0 Å². The highest BCUT2D eigenvalue weighted by atomic mass is 32.2. The summed E-state index contributed by atoms with van der Waals surface area (Å²) in [6, 6.07) is 15.3. The summed E-state index contributed by atoms with van der Waals surface area (Å²) in [5.41, 5.74) is 4.17. The molecule has 0 aliphatic carbocycles. The Labute approximate surface area is 168 Å². The zero-order valence-corrected chi connectivity index (χ0v) is 18.8. The van der Waals surface area contributed by atoms with Crippen molar-refractivity contribution in [3.63, 3.8) is 0 Å². The van der Waals surface area contributed by atoms with Gasteiger partial charge < -0.3 is 0 Å². The molecular weight excluding hydrogens is 374 g/mol. The Kier molecular flexibility index (Phi) is 8.86. The lowest BCUT2D eigenvalue weighted by Crippen LogP contribution is -1.96. The first-order valence-corrected chi connectivity index (χ1v) is 11.9. The Morgan fingerprint density at radius 1 is 0.778 bits per heavy atom. The van der Waals surface area contributed by atoms with E-state index in [-0.39, 0.29) is 0 Å². The lowest BCUT2D eigenvalue weighted by atomic mass is 10.1. The summed E-state index contributed by atoms with van der Waals surface area (Å²) >= 11 is 1.65. The van der Waals surface area contributed by atoms with Crippen molar-refractivity contribution in [2.75, 3.05) is 6.26 Å². The van der Waals surface area contributed by atoms with Crippen molar-refractivity contribution in [2.24, 2.45) is 0 Å². The van der Waals surface area contributed by atoms with Crippen molar-refractivity contribution in [1.82, 2.24) is 4.98 Å². The van der Waals surface area contributed by atoms with Crippen LogP contribution in [-0.2, 0) is 9.84 Å². The smallest absolute Gasteiger partial charge is 0.175 e. The van der Waals surface area contributed by atoms with Gasteiger partial charge in [0.25, 0.3) is 0 Å². The van der Waals surface area contributed by atoms with E-state index in [1.807, 2.05) is 46.8 Å². The molecule has 1 aromatic heterocycles. The van der Waals surface area contributed by atoms with Gasteiger partial charge in [0.05, 0.1) is 20.5 Å². The molecule has 0 atom stereocenters. The average Bonchev–Trinajstić information content (AvgIpc) is 3.07. The molecule has 1 heterocycles. The van der Waals surface area contributed by atoms with Crippen LogP contribution in [0, 0.1) is 13.8 Å². The molecule has 0 fully saturated rings. The van der Waals surface area contributed by atoms with Crippen molar-refractivity contribution < 1.29 is 8.42 Å². The van der Waals surface area contributed by atoms with E-state index in [1.54, 1.807) is 23.5 Å². The van der Waals surface area contributed by atoms with Gasteiger partial charge in [0.15, 0.2) is 9.84 Å². The molecule has 5 heteroatoms. The maximum Gasteiger partial charge on any atom is 0.175 e. The van der Waals surface area contributed by atoms with Crippen molar-refractivity contribution in [3.8, 4) is 21.7 Å². The number of aryl methyl sites for hydroxylation is 2. The number of nitrogens with zero attached hydrogens (tertiary/aromatic N) is 1. The van der Waals surface area contributed by atoms with E-state index in [4.69, 9.17) is 0 Å². The number of hydrogen-bond acceptors (Lipinski definition) is 4. The van der Waals surface area contributed by atoms with Gasteiger partial charge in [-0.15, -0.1) is 11.3 Å². The average molecular weight is 404 g/mol. The predicted octanol–water partition coefficient (Wildman–Crippen LogP) is 6.55. The molecule has 146 valence electrons. The predicted molar refractivity (Wildman–Crippen MR) is 118 cm³/mol. The van der Waals surface area contributed by atoms with Crippen molar-refractivity contribution >= 4 is 21.2 Å². The summed E-state index contributed by atoms with van der Waals surface area (Å²) in [7, 11) is -3.18. The number of hydrogen-bond donors (Lipinski definition) is 0. The third kappa shape index (κ3) is 6.01. The summed E-state index contributed by atoms with van der Waals surface area (Å²) in [5, 5.41) is 0.989. The first-order chi connectivity index (χ1) is 12.8. The third-order valence-electron chi connectivity index (χ3n) is 3.60. The van der Waals surface area contributed by atoms with E-state index < -0.39 is 9.84 Å². The molecule has 0 radical (unpaired) electrons. The molecule has 3 nitrogen and oxygen atoms in total. The van der Waals surface area contributed by atoms with Crippen LogP contribution in [0.15, 0.2) is 53.4 Å². The van der Waals surface area contributed by atoms with E-state index in [9.17, 15) is 8.42 Å². The lowest BCUT2D eigenvalue weighted by molar-refractivity contribution is 0.602. The largest absolute Gasteiger partial charge is 0.241 e. The SMILES string of the molecule is CC.CC.Cc1ccc(-c2sc(C)nc2-c2ccc(S(C)(=O)=O)cc2)cc1. The van der Waals surface area contributed by atoms with E-state index in [0.717, 1.165) is 26.7 Å². The van der Waals surface area contributed by atoms with Crippen LogP contribution in [0.4, 0.5) is 0 Å². The van der Waals surface area contributed by atoms with Crippen LogP contribution in [0.3, 0.4) is 0 Å². The highest BCUT2D eigenvalue weighted by Crippen LogP contribution is 2.36. The van der Waals surface area contributed by atoms with E-state index in [1.165, 1.54) is 11.8 Å². The number of benzene rings is 2. The molecule has 0 bridgehead atoms. The van der Waals surface area contributed by atoms with E-state index in [0.29, 0.717) is 4.90 Å². The maximum atomic E-state index is 11.6. The second-order valence-corrected chi connectivity index (χ2v) is 8.79. The Hall–Kier alpha value is -1.98. The van der Waals surface area contributed by atoms with Gasteiger partial charge in [0, 0.05) is 11.8 Å². The van der Waals surface area contributed by atoms with Crippen LogP contribution in [0.25, 0.3) is 21.7 Å². The van der Waals surface area contributed by atoms with Gasteiger partial charge in [-0.3, -0.25) is 0 Å². The molecule has 3 rings (SSSR count). The van der Waals surface area contributed by atoms with Crippen LogP contribution in [0.1, 0.15) is 38.3 Å². The zero-order chi connectivity index (χ0) is 20.6. The number of sulfone groups is 1. The minimum atomic E-state index is -3.18. The molecule has 0 spiro atoms. The number of aromatic nitrogens is 1. The minimum Gasteiger partial charge on any atom is -0.241 e. The van der Waals surface area contributed by atoms with Gasteiger partial charge >= 0.3 is 0 Å². The molecular formula is C22H29NO2S2. The Balaban J connectivity index is 0.000000855. The van der Waals surface area contributed by atoms with Gasteiger partial charge in [0.1, 0.15) is 0 Å². The molecule has 27 heavy (non-hydrogen) atoms. The molecule has 0 unspecified atom stereocenters. The summed E-state index contributed by atoms with van der Waals surface area (Å²) in [5.74, 6) is 0. The molecule has 0 aliphatic rings. The Morgan fingerprint density at radius 3 is 1.74 bits per heavy atom. The van der Waals surface area contributed by atoms with Gasteiger partial charge in [-0.2, -0.15) is 0 Å². The topological polar surface area (TPSA) is 47.0 Å². The fraction of sp³-hybridized carbons (Fsp3) is 0.318. The number of rotatable bonds is 3. The highest BCUT2D eigenvalue weighted by molar-refractivity contribution is 7.90. The van der Waals surface area contributed by atoms with Crippen LogP contribution < -0.4 is 0 Å². The van der Waals surface area contributed by atoms with E-state index >= 15 is 0 Å². The summed E-state index contributed by atoms with van der Waals surface area (Å²) in [6.45, 7) is 12.0. The Bertz CT molecular complexity index is 939. The fourth-order valence-corrected chi connectivity index (χ4v) is 3.96. The van der Waals surface area contributed by atoms with Crippen LogP contribution in [0.2, 0.25) is 0 Å². The minimum absolute atomic E-state index is 0.324. The standard InChI is InChI=1S/C18H17NO2S2.2C2H6/c1-12-4-6-15(7-5-12)18-17(19-13(2)22-18)14-8-10-16(11-9-14)23(3,20)21;2*1-2/h4-11H,1-3H3;2*1-2H3. The Morgan fingerprint density at radius 2 is 1.26 bits per heavy atom. The van der Waals surface area contributed by atoms with Crippen molar-refractivity contribution in [1.29, 1.82) is 0 Å². The van der Waals surface area contributed by atoms with Gasteiger partial charge in [-0.25, -0.2) is 13.4 Å². The molecule has 2 aromatic carbocycles. The first-order valence-electron chi connectivity index (χ1n) is 9.19. The summed E-state index contributed by atoms with van der Waals surface area (Å²) < 4.78 is 23.2. The molecule has 0 saturated heterocycles. The van der Waals surface area contributed by atoms with Crippen molar-refractivity contribution in [2.45, 2.75) is 46.4 Å². The quantitative estimate of drug-likeness (QED) is 0.498. The highest BCUT2D eigenvalue weighted by Gasteiger charge is 2.14.